The fraction of sp³-hybridized carbons (Fsp3) is 0.400. The summed E-state index contributed by atoms with van der Waals surface area (Å²) in [5.41, 5.74) is -1.21. The molecule has 0 radical (unpaired) electrons. The van der Waals surface area contributed by atoms with E-state index in [4.69, 9.17) is 20.1 Å². The van der Waals surface area contributed by atoms with Crippen molar-refractivity contribution in [3.63, 3.8) is 0 Å². The van der Waals surface area contributed by atoms with Crippen LogP contribution in [0.1, 0.15) is 5.56 Å². The first-order valence-electron chi connectivity index (χ1n) is 4.66. The van der Waals surface area contributed by atoms with Gasteiger partial charge in [0.05, 0.1) is 6.61 Å². The zero-order chi connectivity index (χ0) is 13.1. The van der Waals surface area contributed by atoms with Gasteiger partial charge in [-0.05, 0) is 18.2 Å². The van der Waals surface area contributed by atoms with Gasteiger partial charge in [0, 0.05) is 0 Å². The van der Waals surface area contributed by atoms with Gasteiger partial charge in [-0.25, -0.2) is 0 Å². The number of hydrogen-bond donors (Lipinski definition) is 3. The molecule has 1 aromatic carbocycles. The first-order valence-corrected chi connectivity index (χ1v) is 4.66. The molecule has 96 valence electrons. The fourth-order valence-electron chi connectivity index (χ4n) is 1.08. The predicted molar refractivity (Wildman–Crippen MR) is 51.7 cm³/mol. The average Bonchev–Trinajstić information content (AvgIpc) is 2.26. The van der Waals surface area contributed by atoms with Crippen LogP contribution in [-0.2, 0) is 6.18 Å². The van der Waals surface area contributed by atoms with Crippen molar-refractivity contribution in [1.29, 1.82) is 0 Å². The van der Waals surface area contributed by atoms with Gasteiger partial charge < -0.3 is 20.1 Å². The van der Waals surface area contributed by atoms with Gasteiger partial charge in [0.1, 0.15) is 29.8 Å². The van der Waals surface area contributed by atoms with E-state index in [1.807, 2.05) is 0 Å². The molecule has 1 rings (SSSR count). The van der Waals surface area contributed by atoms with Crippen LogP contribution < -0.4 is 4.74 Å². The first-order chi connectivity index (χ1) is 7.84. The molecule has 7 heteroatoms. The van der Waals surface area contributed by atoms with Crippen LogP contribution in [0.2, 0.25) is 0 Å². The summed E-state index contributed by atoms with van der Waals surface area (Å²) in [4.78, 5) is 0. The lowest BCUT2D eigenvalue weighted by Gasteiger charge is -2.13. The Labute approximate surface area is 94.9 Å². The number of phenolic OH excluding ortho intramolecular Hbond substituents is 1. The highest BCUT2D eigenvalue weighted by Gasteiger charge is 2.34. The number of aliphatic hydroxyl groups excluding tert-OH is 2. The third-order valence-corrected chi connectivity index (χ3v) is 1.93. The normalized spacial score (nSPS) is 13.5. The van der Waals surface area contributed by atoms with Gasteiger partial charge in [0.2, 0.25) is 0 Å². The summed E-state index contributed by atoms with van der Waals surface area (Å²) >= 11 is 0. The lowest BCUT2D eigenvalue weighted by molar-refractivity contribution is -0.138. The molecule has 1 aromatic rings. The Kier molecular flexibility index (Phi) is 4.19. The van der Waals surface area contributed by atoms with Crippen molar-refractivity contribution in [2.45, 2.75) is 12.3 Å². The summed E-state index contributed by atoms with van der Waals surface area (Å²) in [5.74, 6) is -1.05. The Morgan fingerprint density at radius 3 is 2.47 bits per heavy atom. The summed E-state index contributed by atoms with van der Waals surface area (Å²) < 4.78 is 42.0. The standard InChI is InChI=1S/C10H11F3O4/c11-10(12,13)8-3-7(1-2-9(8)16)17-5-6(15)4-14/h1-3,6,14-16H,4-5H2. The number of halogens is 3. The molecule has 1 unspecified atom stereocenters. The van der Waals surface area contributed by atoms with Gasteiger partial charge in [-0.2, -0.15) is 13.2 Å². The predicted octanol–water partition coefficient (Wildman–Crippen LogP) is 1.14. The van der Waals surface area contributed by atoms with Crippen molar-refractivity contribution >= 4 is 0 Å². The van der Waals surface area contributed by atoms with Crippen molar-refractivity contribution in [3.05, 3.63) is 23.8 Å². The maximum Gasteiger partial charge on any atom is 0.420 e. The summed E-state index contributed by atoms with van der Waals surface area (Å²) in [6.45, 7) is -0.886. The van der Waals surface area contributed by atoms with Gasteiger partial charge >= 0.3 is 6.18 Å². The van der Waals surface area contributed by atoms with E-state index in [0.29, 0.717) is 6.07 Å². The minimum Gasteiger partial charge on any atom is -0.507 e. The highest BCUT2D eigenvalue weighted by Crippen LogP contribution is 2.37. The fourth-order valence-corrected chi connectivity index (χ4v) is 1.08. The van der Waals surface area contributed by atoms with Gasteiger partial charge in [-0.3, -0.25) is 0 Å². The topological polar surface area (TPSA) is 69.9 Å². The van der Waals surface area contributed by atoms with Crippen molar-refractivity contribution in [2.24, 2.45) is 0 Å². The van der Waals surface area contributed by atoms with Crippen molar-refractivity contribution in [1.82, 2.24) is 0 Å². The van der Waals surface area contributed by atoms with Crippen molar-refractivity contribution < 1.29 is 33.2 Å². The molecule has 1 atom stereocenters. The Morgan fingerprint density at radius 2 is 1.94 bits per heavy atom. The molecule has 0 bridgehead atoms. The first kappa shape index (κ1) is 13.6. The number of hydrogen-bond acceptors (Lipinski definition) is 4. The number of rotatable bonds is 4. The maximum atomic E-state index is 12.4. The molecule has 0 saturated heterocycles. The van der Waals surface area contributed by atoms with E-state index in [1.54, 1.807) is 0 Å². The number of alkyl halides is 3. The van der Waals surface area contributed by atoms with Crippen molar-refractivity contribution in [3.8, 4) is 11.5 Å². The van der Waals surface area contributed by atoms with Gasteiger partial charge in [0.25, 0.3) is 0 Å². The molecule has 0 saturated carbocycles. The number of ether oxygens (including phenoxy) is 1. The molecule has 0 spiro atoms. The van der Waals surface area contributed by atoms with E-state index in [0.717, 1.165) is 12.1 Å². The number of phenols is 1. The summed E-state index contributed by atoms with van der Waals surface area (Å²) in [6, 6.07) is 2.61. The van der Waals surface area contributed by atoms with E-state index in [1.165, 1.54) is 0 Å². The summed E-state index contributed by atoms with van der Waals surface area (Å²) in [6.07, 6.45) is -5.85. The minimum absolute atomic E-state index is 0.150. The molecule has 0 amide bonds. The van der Waals surface area contributed by atoms with E-state index in [-0.39, 0.29) is 12.4 Å². The summed E-state index contributed by atoms with van der Waals surface area (Å²) in [5, 5.41) is 26.5. The van der Waals surface area contributed by atoms with Gasteiger partial charge in [-0.15, -0.1) is 0 Å². The Morgan fingerprint density at radius 1 is 1.29 bits per heavy atom. The SMILES string of the molecule is OCC(O)COc1ccc(O)c(C(F)(F)F)c1. The third-order valence-electron chi connectivity index (χ3n) is 1.93. The molecule has 0 fully saturated rings. The molecular formula is C10H11F3O4. The molecular weight excluding hydrogens is 241 g/mol. The quantitative estimate of drug-likeness (QED) is 0.751. The van der Waals surface area contributed by atoms with E-state index in [2.05, 4.69) is 0 Å². The zero-order valence-electron chi connectivity index (χ0n) is 8.61. The Balaban J connectivity index is 2.82. The molecule has 3 N–H and O–H groups in total. The summed E-state index contributed by atoms with van der Waals surface area (Å²) in [7, 11) is 0. The van der Waals surface area contributed by atoms with E-state index < -0.39 is 30.2 Å². The number of benzene rings is 1. The molecule has 0 aromatic heterocycles. The highest BCUT2D eigenvalue weighted by molar-refractivity contribution is 5.41. The molecule has 0 aliphatic rings. The minimum atomic E-state index is -4.68. The zero-order valence-corrected chi connectivity index (χ0v) is 8.61. The third kappa shape index (κ3) is 3.79. The van der Waals surface area contributed by atoms with Gasteiger partial charge in [-0.1, -0.05) is 0 Å². The largest absolute Gasteiger partial charge is 0.507 e. The molecule has 4 nitrogen and oxygen atoms in total. The number of aliphatic hydroxyl groups is 2. The Bertz CT molecular complexity index is 378. The van der Waals surface area contributed by atoms with Gasteiger partial charge in [0.15, 0.2) is 0 Å². The molecule has 17 heavy (non-hydrogen) atoms. The number of aromatic hydroxyl groups is 1. The second-order valence-electron chi connectivity index (χ2n) is 3.32. The van der Waals surface area contributed by atoms with Crippen LogP contribution in [0.3, 0.4) is 0 Å². The van der Waals surface area contributed by atoms with Crippen LogP contribution in [0, 0.1) is 0 Å². The van der Waals surface area contributed by atoms with Crippen LogP contribution in [0.5, 0.6) is 11.5 Å². The average molecular weight is 252 g/mol. The molecule has 0 aliphatic carbocycles. The molecule has 0 heterocycles. The maximum absolute atomic E-state index is 12.4. The lowest BCUT2D eigenvalue weighted by atomic mass is 10.2. The van der Waals surface area contributed by atoms with Crippen LogP contribution in [0.4, 0.5) is 13.2 Å². The van der Waals surface area contributed by atoms with Crippen LogP contribution >= 0.6 is 0 Å². The highest BCUT2D eigenvalue weighted by atomic mass is 19.4. The smallest absolute Gasteiger partial charge is 0.420 e. The second-order valence-corrected chi connectivity index (χ2v) is 3.32. The second kappa shape index (κ2) is 5.24. The molecule has 0 aliphatic heterocycles. The van der Waals surface area contributed by atoms with E-state index >= 15 is 0 Å². The van der Waals surface area contributed by atoms with Crippen molar-refractivity contribution in [2.75, 3.05) is 13.2 Å². The van der Waals surface area contributed by atoms with Crippen LogP contribution in [0.25, 0.3) is 0 Å². The lowest BCUT2D eigenvalue weighted by Crippen LogP contribution is -2.21. The van der Waals surface area contributed by atoms with E-state index in [9.17, 15) is 13.2 Å². The monoisotopic (exact) mass is 252 g/mol. The van der Waals surface area contributed by atoms with Crippen LogP contribution in [-0.4, -0.2) is 34.6 Å². The van der Waals surface area contributed by atoms with Crippen LogP contribution in [0.15, 0.2) is 18.2 Å². The Hall–Kier alpha value is -1.47.